The number of amides is 1. The van der Waals surface area contributed by atoms with Gasteiger partial charge < -0.3 is 18.6 Å². The molecule has 2 aromatic heterocycles. The van der Waals surface area contributed by atoms with Gasteiger partial charge in [-0.1, -0.05) is 17.3 Å². The lowest BCUT2D eigenvalue weighted by molar-refractivity contribution is 0.0696. The Morgan fingerprint density at radius 3 is 2.96 bits per heavy atom. The molecule has 1 aliphatic heterocycles. The molecule has 0 fully saturated rings. The Morgan fingerprint density at radius 1 is 1.32 bits per heavy atom. The molecular formula is C19H18N2O4. The topological polar surface area (TPSA) is 68.7 Å². The average molecular weight is 338 g/mol. The molecule has 25 heavy (non-hydrogen) atoms. The molecule has 0 atom stereocenters. The van der Waals surface area contributed by atoms with Gasteiger partial charge in [-0.15, -0.1) is 0 Å². The lowest BCUT2D eigenvalue weighted by atomic mass is 10.0. The van der Waals surface area contributed by atoms with Crippen LogP contribution < -0.4 is 4.74 Å². The van der Waals surface area contributed by atoms with Gasteiger partial charge in [0.05, 0.1) is 19.9 Å². The molecule has 0 bridgehead atoms. The molecule has 3 aromatic rings. The van der Waals surface area contributed by atoms with Gasteiger partial charge in [0.25, 0.3) is 5.91 Å². The molecule has 0 radical (unpaired) electrons. The molecule has 3 heterocycles. The Bertz CT molecular complexity index is 925. The number of furan rings is 1. The van der Waals surface area contributed by atoms with Crippen molar-refractivity contribution in [3.8, 4) is 17.0 Å². The first-order valence-corrected chi connectivity index (χ1v) is 8.12. The summed E-state index contributed by atoms with van der Waals surface area (Å²) < 4.78 is 16.1. The summed E-state index contributed by atoms with van der Waals surface area (Å²) in [5.41, 5.74) is 3.45. The van der Waals surface area contributed by atoms with E-state index in [4.69, 9.17) is 13.7 Å². The highest BCUT2D eigenvalue weighted by Crippen LogP contribution is 2.32. The number of hydrogen-bond donors (Lipinski definition) is 0. The van der Waals surface area contributed by atoms with E-state index in [0.29, 0.717) is 25.3 Å². The first-order valence-electron chi connectivity index (χ1n) is 8.12. The number of fused-ring (bicyclic) bond motifs is 1. The van der Waals surface area contributed by atoms with Crippen LogP contribution in [0.4, 0.5) is 0 Å². The van der Waals surface area contributed by atoms with Gasteiger partial charge in [0.1, 0.15) is 17.2 Å². The normalized spacial score (nSPS) is 13.6. The minimum atomic E-state index is -0.106. The first-order chi connectivity index (χ1) is 12.2. The van der Waals surface area contributed by atoms with Crippen molar-refractivity contribution in [1.29, 1.82) is 0 Å². The average Bonchev–Trinajstić information content (AvgIpc) is 3.26. The molecule has 0 aliphatic carbocycles. The maximum atomic E-state index is 12.7. The van der Waals surface area contributed by atoms with Gasteiger partial charge >= 0.3 is 0 Å². The number of hydrogen-bond acceptors (Lipinski definition) is 5. The van der Waals surface area contributed by atoms with Crippen LogP contribution in [0.25, 0.3) is 11.3 Å². The zero-order chi connectivity index (χ0) is 17.4. The van der Waals surface area contributed by atoms with Crippen LogP contribution in [0.1, 0.15) is 27.4 Å². The van der Waals surface area contributed by atoms with E-state index in [2.05, 4.69) is 5.16 Å². The van der Waals surface area contributed by atoms with E-state index in [0.717, 1.165) is 33.9 Å². The fourth-order valence-corrected chi connectivity index (χ4v) is 3.12. The van der Waals surface area contributed by atoms with Crippen molar-refractivity contribution in [3.05, 3.63) is 59.2 Å². The molecular weight excluding hydrogens is 320 g/mol. The standard InChI is InChI=1S/C19H18N2O4/c1-12-7-9-24-18(12)19(22)21-8-6-16-15(11-21)17(20-25-16)13-4-3-5-14(10-13)23-2/h3-5,7,9-10H,6,8,11H2,1-2H3. The van der Waals surface area contributed by atoms with Gasteiger partial charge in [-0.05, 0) is 25.1 Å². The number of methoxy groups -OCH3 is 1. The number of benzene rings is 1. The Balaban J connectivity index is 1.66. The van der Waals surface area contributed by atoms with Gasteiger partial charge in [0.15, 0.2) is 5.76 Å². The van der Waals surface area contributed by atoms with Gasteiger partial charge in [-0.2, -0.15) is 0 Å². The maximum absolute atomic E-state index is 12.7. The molecule has 0 spiro atoms. The van der Waals surface area contributed by atoms with Crippen LogP contribution in [-0.2, 0) is 13.0 Å². The molecule has 128 valence electrons. The predicted octanol–water partition coefficient (Wildman–Crippen LogP) is 3.45. The summed E-state index contributed by atoms with van der Waals surface area (Å²) >= 11 is 0. The number of carbonyl (C=O) groups excluding carboxylic acids is 1. The third-order valence-electron chi connectivity index (χ3n) is 4.51. The van der Waals surface area contributed by atoms with E-state index in [1.165, 1.54) is 0 Å². The molecule has 0 saturated carbocycles. The van der Waals surface area contributed by atoms with Crippen molar-refractivity contribution in [2.45, 2.75) is 19.9 Å². The summed E-state index contributed by atoms with van der Waals surface area (Å²) in [5, 5.41) is 4.23. The van der Waals surface area contributed by atoms with Crippen LogP contribution in [-0.4, -0.2) is 29.6 Å². The third-order valence-corrected chi connectivity index (χ3v) is 4.51. The highest BCUT2D eigenvalue weighted by atomic mass is 16.5. The number of carbonyl (C=O) groups is 1. The predicted molar refractivity (Wildman–Crippen MR) is 90.4 cm³/mol. The van der Waals surface area contributed by atoms with E-state index in [9.17, 15) is 4.79 Å². The second-order valence-corrected chi connectivity index (χ2v) is 6.07. The van der Waals surface area contributed by atoms with Crippen LogP contribution in [0.15, 0.2) is 45.5 Å². The molecule has 1 aliphatic rings. The Labute approximate surface area is 145 Å². The highest BCUT2D eigenvalue weighted by molar-refractivity contribution is 5.93. The molecule has 1 aromatic carbocycles. The van der Waals surface area contributed by atoms with Crippen molar-refractivity contribution in [2.75, 3.05) is 13.7 Å². The number of aryl methyl sites for hydroxylation is 1. The van der Waals surface area contributed by atoms with Gasteiger partial charge in [-0.25, -0.2) is 0 Å². The van der Waals surface area contributed by atoms with E-state index >= 15 is 0 Å². The van der Waals surface area contributed by atoms with E-state index in [1.807, 2.05) is 31.2 Å². The summed E-state index contributed by atoms with van der Waals surface area (Å²) in [5.74, 6) is 1.87. The summed E-state index contributed by atoms with van der Waals surface area (Å²) in [7, 11) is 1.63. The summed E-state index contributed by atoms with van der Waals surface area (Å²) in [6, 6.07) is 9.45. The summed E-state index contributed by atoms with van der Waals surface area (Å²) in [4.78, 5) is 14.5. The van der Waals surface area contributed by atoms with Crippen molar-refractivity contribution in [3.63, 3.8) is 0 Å². The number of rotatable bonds is 3. The second kappa shape index (κ2) is 6.12. The van der Waals surface area contributed by atoms with Crippen molar-refractivity contribution in [1.82, 2.24) is 10.1 Å². The number of aromatic nitrogens is 1. The fraction of sp³-hybridized carbons (Fsp3) is 0.263. The van der Waals surface area contributed by atoms with Gasteiger partial charge in [0.2, 0.25) is 0 Å². The largest absolute Gasteiger partial charge is 0.497 e. The van der Waals surface area contributed by atoms with Crippen molar-refractivity contribution < 1.29 is 18.5 Å². The molecule has 6 nitrogen and oxygen atoms in total. The molecule has 0 N–H and O–H groups in total. The lowest BCUT2D eigenvalue weighted by Crippen LogP contribution is -2.35. The lowest BCUT2D eigenvalue weighted by Gasteiger charge is -2.25. The third kappa shape index (κ3) is 2.69. The van der Waals surface area contributed by atoms with Gasteiger partial charge in [-0.3, -0.25) is 4.79 Å². The van der Waals surface area contributed by atoms with E-state index in [1.54, 1.807) is 24.3 Å². The molecule has 1 amide bonds. The van der Waals surface area contributed by atoms with Crippen LogP contribution >= 0.6 is 0 Å². The van der Waals surface area contributed by atoms with E-state index in [-0.39, 0.29) is 5.91 Å². The first kappa shape index (κ1) is 15.5. The van der Waals surface area contributed by atoms with Crippen LogP contribution in [0.3, 0.4) is 0 Å². The minimum absolute atomic E-state index is 0.106. The SMILES string of the molecule is COc1cccc(-c2noc3c2CN(C(=O)c2occc2C)CC3)c1. The van der Waals surface area contributed by atoms with Crippen LogP contribution in [0.2, 0.25) is 0 Å². The fourth-order valence-electron chi connectivity index (χ4n) is 3.12. The molecule has 6 heteroatoms. The van der Waals surface area contributed by atoms with Crippen molar-refractivity contribution in [2.24, 2.45) is 0 Å². The number of ether oxygens (including phenoxy) is 1. The monoisotopic (exact) mass is 338 g/mol. The summed E-state index contributed by atoms with van der Waals surface area (Å²) in [6.45, 7) is 2.90. The van der Waals surface area contributed by atoms with E-state index < -0.39 is 0 Å². The maximum Gasteiger partial charge on any atom is 0.290 e. The van der Waals surface area contributed by atoms with Crippen molar-refractivity contribution >= 4 is 5.91 Å². The number of nitrogens with zero attached hydrogens (tertiary/aromatic N) is 2. The molecule has 0 unspecified atom stereocenters. The second-order valence-electron chi connectivity index (χ2n) is 6.07. The Kier molecular flexibility index (Phi) is 3.80. The quantitative estimate of drug-likeness (QED) is 0.731. The molecule has 0 saturated heterocycles. The zero-order valence-corrected chi connectivity index (χ0v) is 14.1. The zero-order valence-electron chi connectivity index (χ0n) is 14.1. The minimum Gasteiger partial charge on any atom is -0.497 e. The highest BCUT2D eigenvalue weighted by Gasteiger charge is 2.29. The van der Waals surface area contributed by atoms with Crippen LogP contribution in [0.5, 0.6) is 5.75 Å². The molecule has 4 rings (SSSR count). The Hall–Kier alpha value is -3.02. The smallest absolute Gasteiger partial charge is 0.290 e. The summed E-state index contributed by atoms with van der Waals surface area (Å²) in [6.07, 6.45) is 2.18. The van der Waals surface area contributed by atoms with Crippen LogP contribution in [0, 0.1) is 6.92 Å². The Morgan fingerprint density at radius 2 is 2.20 bits per heavy atom. The van der Waals surface area contributed by atoms with Gasteiger partial charge in [0, 0.05) is 29.7 Å².